The minimum Gasteiger partial charge on any atom is -0.480 e. The monoisotopic (exact) mass is 272 g/mol. The number of carboxylic acid groups (broad SMARTS) is 1. The maximum atomic E-state index is 11.6. The van der Waals surface area contributed by atoms with Gasteiger partial charge in [-0.3, -0.25) is 14.4 Å². The molecule has 0 atom stereocenters. The molecule has 0 spiro atoms. The van der Waals surface area contributed by atoms with Crippen LogP contribution in [0.25, 0.3) is 0 Å². The molecule has 19 heavy (non-hydrogen) atoms. The van der Waals surface area contributed by atoms with Crippen LogP contribution in [-0.2, 0) is 14.4 Å². The first kappa shape index (κ1) is 14.7. The van der Waals surface area contributed by atoms with Gasteiger partial charge in [0, 0.05) is 20.1 Å². The lowest BCUT2D eigenvalue weighted by Crippen LogP contribution is -2.54. The highest BCUT2D eigenvalue weighted by atomic mass is 16.4. The van der Waals surface area contributed by atoms with Gasteiger partial charge < -0.3 is 25.5 Å². The lowest BCUT2D eigenvalue weighted by Gasteiger charge is -2.31. The fraction of sp³-hybridized carbons (Fsp3) is 0.600. The molecule has 4 amide bonds. The van der Waals surface area contributed by atoms with Crippen LogP contribution >= 0.6 is 0 Å². The van der Waals surface area contributed by atoms with Crippen LogP contribution in [0.2, 0.25) is 0 Å². The second kappa shape index (κ2) is 6.57. The normalized spacial score (nSPS) is 15.1. The Labute approximate surface area is 109 Å². The number of carboxylic acids is 1. The maximum Gasteiger partial charge on any atom is 0.322 e. The molecule has 106 valence electrons. The molecule has 0 saturated carbocycles. The van der Waals surface area contributed by atoms with E-state index in [0.717, 1.165) is 0 Å². The summed E-state index contributed by atoms with van der Waals surface area (Å²) in [5.41, 5.74) is 0. The van der Waals surface area contributed by atoms with Crippen molar-refractivity contribution in [2.45, 2.75) is 0 Å². The van der Waals surface area contributed by atoms with Crippen molar-refractivity contribution in [2.24, 2.45) is 0 Å². The van der Waals surface area contributed by atoms with Crippen molar-refractivity contribution in [1.82, 2.24) is 20.4 Å². The fourth-order valence-electron chi connectivity index (χ4n) is 1.44. The van der Waals surface area contributed by atoms with E-state index in [-0.39, 0.29) is 19.0 Å². The number of carbonyl (C=O) groups is 4. The van der Waals surface area contributed by atoms with E-state index in [1.54, 1.807) is 7.05 Å². The summed E-state index contributed by atoms with van der Waals surface area (Å²) in [6.07, 6.45) is 0. The van der Waals surface area contributed by atoms with Crippen molar-refractivity contribution in [1.29, 1.82) is 0 Å². The molecule has 0 bridgehead atoms. The molecular weight excluding hydrogens is 256 g/mol. The van der Waals surface area contributed by atoms with Crippen LogP contribution in [0, 0.1) is 0 Å². The van der Waals surface area contributed by atoms with Gasteiger partial charge in [0.05, 0.1) is 6.54 Å². The molecule has 3 N–H and O–H groups in total. The van der Waals surface area contributed by atoms with Crippen LogP contribution in [0.5, 0.6) is 0 Å². The zero-order valence-corrected chi connectivity index (χ0v) is 10.5. The van der Waals surface area contributed by atoms with Gasteiger partial charge in [-0.15, -0.1) is 0 Å². The maximum absolute atomic E-state index is 11.6. The highest BCUT2D eigenvalue weighted by Crippen LogP contribution is 2.00. The van der Waals surface area contributed by atoms with Crippen LogP contribution in [-0.4, -0.2) is 78.5 Å². The lowest BCUT2D eigenvalue weighted by atomic mass is 10.3. The Bertz CT molecular complexity index is 397. The number of nitrogens with one attached hydrogen (secondary N) is 2. The first-order chi connectivity index (χ1) is 8.90. The van der Waals surface area contributed by atoms with Crippen LogP contribution in [0.1, 0.15) is 0 Å². The van der Waals surface area contributed by atoms with Gasteiger partial charge in [0.25, 0.3) is 0 Å². The highest BCUT2D eigenvalue weighted by Gasteiger charge is 2.24. The Balaban J connectivity index is 2.29. The molecule has 0 aromatic rings. The zero-order valence-electron chi connectivity index (χ0n) is 10.5. The van der Waals surface area contributed by atoms with Crippen LogP contribution in [0.3, 0.4) is 0 Å². The quantitative estimate of drug-likeness (QED) is 0.530. The number of urea groups is 1. The van der Waals surface area contributed by atoms with E-state index in [1.807, 2.05) is 0 Å². The second-order valence-electron chi connectivity index (χ2n) is 4.07. The van der Waals surface area contributed by atoms with Gasteiger partial charge in [0.1, 0.15) is 13.1 Å². The third kappa shape index (κ3) is 4.82. The Hall–Kier alpha value is -2.32. The highest BCUT2D eigenvalue weighted by molar-refractivity contribution is 5.88. The van der Waals surface area contributed by atoms with E-state index in [0.29, 0.717) is 13.1 Å². The van der Waals surface area contributed by atoms with Crippen LogP contribution in [0.4, 0.5) is 4.79 Å². The minimum atomic E-state index is -1.16. The van der Waals surface area contributed by atoms with Crippen LogP contribution < -0.4 is 10.6 Å². The van der Waals surface area contributed by atoms with E-state index in [2.05, 4.69) is 10.6 Å². The topological polar surface area (TPSA) is 119 Å². The number of piperazine rings is 1. The van der Waals surface area contributed by atoms with Crippen molar-refractivity contribution in [3.8, 4) is 0 Å². The summed E-state index contributed by atoms with van der Waals surface area (Å²) in [4.78, 5) is 47.2. The standard InChI is InChI=1S/C10H16N4O5/c1-13-2-3-14(6-8(13)16)10(19)12-4-7(15)11-5-9(17)18/h2-6H2,1H3,(H,11,15)(H,12,19)(H,17,18). The average Bonchev–Trinajstić information content (AvgIpc) is 2.36. The Morgan fingerprint density at radius 2 is 1.89 bits per heavy atom. The summed E-state index contributed by atoms with van der Waals surface area (Å²) in [6.45, 7) is -0.0182. The molecule has 9 heteroatoms. The van der Waals surface area contributed by atoms with Gasteiger partial charge in [-0.2, -0.15) is 0 Å². The molecule has 0 unspecified atom stereocenters. The Morgan fingerprint density at radius 3 is 2.47 bits per heavy atom. The zero-order chi connectivity index (χ0) is 14.4. The molecule has 1 rings (SSSR count). The number of likely N-dealkylation sites (N-methyl/N-ethyl adjacent to an activating group) is 1. The van der Waals surface area contributed by atoms with Crippen LogP contribution in [0.15, 0.2) is 0 Å². The minimum absolute atomic E-state index is 0.0287. The smallest absolute Gasteiger partial charge is 0.322 e. The predicted octanol–water partition coefficient (Wildman–Crippen LogP) is -2.33. The van der Waals surface area contributed by atoms with E-state index in [4.69, 9.17) is 5.11 Å². The van der Waals surface area contributed by atoms with E-state index < -0.39 is 24.5 Å². The summed E-state index contributed by atoms with van der Waals surface area (Å²) in [5, 5.41) is 12.8. The summed E-state index contributed by atoms with van der Waals surface area (Å²) in [6, 6.07) is -0.521. The molecule has 0 radical (unpaired) electrons. The average molecular weight is 272 g/mol. The van der Waals surface area contributed by atoms with Gasteiger partial charge in [-0.1, -0.05) is 0 Å². The number of nitrogens with zero attached hydrogens (tertiary/aromatic N) is 2. The number of rotatable bonds is 4. The van der Waals surface area contributed by atoms with Crippen molar-refractivity contribution in [3.63, 3.8) is 0 Å². The van der Waals surface area contributed by atoms with Crippen molar-refractivity contribution in [3.05, 3.63) is 0 Å². The lowest BCUT2D eigenvalue weighted by molar-refractivity contribution is -0.137. The number of carbonyl (C=O) groups excluding carboxylic acids is 3. The summed E-state index contributed by atoms with van der Waals surface area (Å²) in [5.74, 6) is -1.93. The second-order valence-corrected chi connectivity index (χ2v) is 4.07. The van der Waals surface area contributed by atoms with Crippen molar-refractivity contribution in [2.75, 3.05) is 39.8 Å². The van der Waals surface area contributed by atoms with Crippen molar-refractivity contribution >= 4 is 23.8 Å². The molecule has 1 fully saturated rings. The predicted molar refractivity (Wildman–Crippen MR) is 63.3 cm³/mol. The molecule has 1 aliphatic rings. The SMILES string of the molecule is CN1CCN(C(=O)NCC(=O)NCC(=O)O)CC1=O. The molecule has 0 aromatic heterocycles. The van der Waals surface area contributed by atoms with Gasteiger partial charge in [-0.25, -0.2) is 4.79 Å². The van der Waals surface area contributed by atoms with Gasteiger partial charge >= 0.3 is 12.0 Å². The molecular formula is C10H16N4O5. The third-order valence-corrected chi connectivity index (χ3v) is 2.58. The number of hydrogen-bond donors (Lipinski definition) is 3. The molecule has 1 heterocycles. The summed E-state index contributed by atoms with van der Waals surface area (Å²) >= 11 is 0. The first-order valence-corrected chi connectivity index (χ1v) is 5.65. The fourth-order valence-corrected chi connectivity index (χ4v) is 1.44. The first-order valence-electron chi connectivity index (χ1n) is 5.65. The van der Waals surface area contributed by atoms with Gasteiger partial charge in [-0.05, 0) is 0 Å². The molecule has 1 saturated heterocycles. The number of hydrogen-bond acceptors (Lipinski definition) is 4. The van der Waals surface area contributed by atoms with E-state index >= 15 is 0 Å². The Morgan fingerprint density at radius 1 is 1.21 bits per heavy atom. The van der Waals surface area contributed by atoms with Gasteiger partial charge in [0.2, 0.25) is 11.8 Å². The molecule has 9 nitrogen and oxygen atoms in total. The van der Waals surface area contributed by atoms with Gasteiger partial charge in [0.15, 0.2) is 0 Å². The number of amides is 4. The molecule has 0 aliphatic carbocycles. The number of aliphatic carboxylic acids is 1. The van der Waals surface area contributed by atoms with E-state index in [1.165, 1.54) is 9.80 Å². The third-order valence-electron chi connectivity index (χ3n) is 2.58. The largest absolute Gasteiger partial charge is 0.480 e. The Kier molecular flexibility index (Phi) is 5.10. The van der Waals surface area contributed by atoms with Crippen molar-refractivity contribution < 1.29 is 24.3 Å². The molecule has 0 aromatic carbocycles. The molecule has 1 aliphatic heterocycles. The van der Waals surface area contributed by atoms with E-state index in [9.17, 15) is 19.2 Å². The summed E-state index contributed by atoms with van der Waals surface area (Å²) < 4.78 is 0. The summed E-state index contributed by atoms with van der Waals surface area (Å²) in [7, 11) is 1.65.